The molecule has 0 amide bonds. The Bertz CT molecular complexity index is 767. The number of nitrogens with two attached hydrogens (primary N) is 1. The van der Waals surface area contributed by atoms with Crippen molar-refractivity contribution in [1.82, 2.24) is 9.97 Å². The number of hydrogen-bond acceptors (Lipinski definition) is 6. The molecule has 3 rings (SSSR count). The quantitative estimate of drug-likeness (QED) is 0.715. The second-order valence-corrected chi connectivity index (χ2v) is 6.48. The first-order chi connectivity index (χ1) is 9.65. The predicted molar refractivity (Wildman–Crippen MR) is 88.1 cm³/mol. The smallest absolute Gasteiger partial charge is 0.223 e. The van der Waals surface area contributed by atoms with Gasteiger partial charge in [-0.25, -0.2) is 4.98 Å². The van der Waals surface area contributed by atoms with Gasteiger partial charge >= 0.3 is 0 Å². The van der Waals surface area contributed by atoms with E-state index >= 15 is 0 Å². The zero-order valence-electron chi connectivity index (χ0n) is 11.2. The van der Waals surface area contributed by atoms with E-state index in [4.69, 9.17) is 5.73 Å². The molecule has 0 saturated heterocycles. The molecule has 0 aliphatic rings. The fourth-order valence-corrected chi connectivity index (χ4v) is 3.34. The third-order valence-electron chi connectivity index (χ3n) is 2.87. The van der Waals surface area contributed by atoms with Crippen LogP contribution in [0.25, 0.3) is 10.2 Å². The van der Waals surface area contributed by atoms with Crippen LogP contribution in [0, 0.1) is 6.92 Å². The summed E-state index contributed by atoms with van der Waals surface area (Å²) in [5.41, 5.74) is 6.78. The maximum absolute atomic E-state index is 5.78. The van der Waals surface area contributed by atoms with Crippen LogP contribution in [0.1, 0.15) is 4.88 Å². The number of aromatic nitrogens is 2. The first-order valence-electron chi connectivity index (χ1n) is 6.10. The summed E-state index contributed by atoms with van der Waals surface area (Å²) in [7, 11) is 0. The molecule has 4 nitrogen and oxygen atoms in total. The molecular weight excluding hydrogens is 288 g/mol. The molecule has 1 aromatic carbocycles. The van der Waals surface area contributed by atoms with Gasteiger partial charge in [0.05, 0.1) is 5.39 Å². The van der Waals surface area contributed by atoms with E-state index in [0.29, 0.717) is 5.95 Å². The highest BCUT2D eigenvalue weighted by atomic mass is 32.2. The van der Waals surface area contributed by atoms with Crippen molar-refractivity contribution in [3.63, 3.8) is 0 Å². The Kier molecular flexibility index (Phi) is 3.50. The monoisotopic (exact) mass is 302 g/mol. The number of thiophene rings is 1. The van der Waals surface area contributed by atoms with E-state index in [9.17, 15) is 0 Å². The summed E-state index contributed by atoms with van der Waals surface area (Å²) in [4.78, 5) is 11.9. The Balaban J connectivity index is 2.05. The summed E-state index contributed by atoms with van der Waals surface area (Å²) in [6, 6.07) is 10.3. The summed E-state index contributed by atoms with van der Waals surface area (Å²) in [6.45, 7) is 2.06. The Labute approximate surface area is 125 Å². The van der Waals surface area contributed by atoms with Crippen LogP contribution in [0.3, 0.4) is 0 Å². The number of nitrogen functional groups attached to an aromatic ring is 1. The summed E-state index contributed by atoms with van der Waals surface area (Å²) >= 11 is 3.33. The average molecular weight is 302 g/mol. The van der Waals surface area contributed by atoms with Crippen molar-refractivity contribution in [3.8, 4) is 0 Å². The number of rotatable bonds is 3. The van der Waals surface area contributed by atoms with Crippen LogP contribution in [0.5, 0.6) is 0 Å². The molecule has 102 valence electrons. The van der Waals surface area contributed by atoms with E-state index < -0.39 is 0 Å². The molecule has 20 heavy (non-hydrogen) atoms. The molecule has 0 bridgehead atoms. The summed E-state index contributed by atoms with van der Waals surface area (Å²) in [6.07, 6.45) is 2.06. The highest BCUT2D eigenvalue weighted by Gasteiger charge is 2.09. The zero-order valence-corrected chi connectivity index (χ0v) is 12.8. The Morgan fingerprint density at radius 2 is 2.10 bits per heavy atom. The van der Waals surface area contributed by atoms with Crippen molar-refractivity contribution >= 4 is 50.8 Å². The topological polar surface area (TPSA) is 63.8 Å². The molecule has 3 aromatic rings. The normalized spacial score (nSPS) is 10.9. The number of benzene rings is 1. The largest absolute Gasteiger partial charge is 0.368 e. The fraction of sp³-hybridized carbons (Fsp3) is 0.143. The number of anilines is 3. The molecule has 0 saturated carbocycles. The molecule has 0 aliphatic carbocycles. The first kappa shape index (κ1) is 13.2. The minimum absolute atomic E-state index is 0.294. The van der Waals surface area contributed by atoms with Crippen molar-refractivity contribution in [2.75, 3.05) is 17.3 Å². The molecule has 0 unspecified atom stereocenters. The van der Waals surface area contributed by atoms with Gasteiger partial charge < -0.3 is 11.1 Å². The van der Waals surface area contributed by atoms with E-state index in [2.05, 4.69) is 46.7 Å². The second-order valence-electron chi connectivity index (χ2n) is 4.36. The van der Waals surface area contributed by atoms with Gasteiger partial charge in [0.15, 0.2) is 0 Å². The van der Waals surface area contributed by atoms with Gasteiger partial charge in [-0.1, -0.05) is 6.07 Å². The van der Waals surface area contributed by atoms with E-state index in [0.717, 1.165) is 21.7 Å². The lowest BCUT2D eigenvalue weighted by atomic mass is 10.3. The molecule has 0 atom stereocenters. The first-order valence-corrected chi connectivity index (χ1v) is 8.14. The van der Waals surface area contributed by atoms with Gasteiger partial charge in [-0.2, -0.15) is 4.98 Å². The second kappa shape index (κ2) is 5.30. The number of thioether (sulfide) groups is 1. The number of aryl methyl sites for hydroxylation is 1. The third kappa shape index (κ3) is 2.57. The van der Waals surface area contributed by atoms with Crippen LogP contribution in [0.15, 0.2) is 35.2 Å². The van der Waals surface area contributed by atoms with E-state index in [1.54, 1.807) is 23.1 Å². The van der Waals surface area contributed by atoms with Crippen molar-refractivity contribution in [2.24, 2.45) is 0 Å². The third-order valence-corrected chi connectivity index (χ3v) is 4.54. The number of fused-ring (bicyclic) bond motifs is 1. The lowest BCUT2D eigenvalue weighted by molar-refractivity contribution is 1.24. The highest BCUT2D eigenvalue weighted by Crippen LogP contribution is 2.31. The molecule has 0 spiro atoms. The minimum atomic E-state index is 0.294. The zero-order chi connectivity index (χ0) is 14.1. The SMILES string of the molecule is CSc1cccc(Nc2nc(N)nc3sc(C)cc23)c1. The van der Waals surface area contributed by atoms with Gasteiger partial charge in [0.1, 0.15) is 10.6 Å². The van der Waals surface area contributed by atoms with Crippen LogP contribution in [0.2, 0.25) is 0 Å². The van der Waals surface area contributed by atoms with E-state index in [1.165, 1.54) is 9.77 Å². The molecule has 2 heterocycles. The lowest BCUT2D eigenvalue weighted by Gasteiger charge is -2.08. The Morgan fingerprint density at radius 1 is 1.25 bits per heavy atom. The maximum Gasteiger partial charge on any atom is 0.223 e. The van der Waals surface area contributed by atoms with Crippen molar-refractivity contribution in [1.29, 1.82) is 0 Å². The van der Waals surface area contributed by atoms with Crippen molar-refractivity contribution in [2.45, 2.75) is 11.8 Å². The standard InChI is InChI=1S/C14H14N4S2/c1-8-6-11-12(17-14(15)18-13(11)20-8)16-9-4-3-5-10(7-9)19-2/h3-7H,1-2H3,(H3,15,16,17,18). The maximum atomic E-state index is 5.78. The van der Waals surface area contributed by atoms with Crippen LogP contribution in [-0.4, -0.2) is 16.2 Å². The summed E-state index contributed by atoms with van der Waals surface area (Å²) in [5, 5.41) is 4.35. The number of hydrogen-bond donors (Lipinski definition) is 2. The van der Waals surface area contributed by atoms with Crippen LogP contribution < -0.4 is 11.1 Å². The van der Waals surface area contributed by atoms with E-state index in [-0.39, 0.29) is 0 Å². The van der Waals surface area contributed by atoms with Crippen molar-refractivity contribution in [3.05, 3.63) is 35.2 Å². The van der Waals surface area contributed by atoms with Gasteiger partial charge in [-0.3, -0.25) is 0 Å². The summed E-state index contributed by atoms with van der Waals surface area (Å²) < 4.78 is 0. The molecule has 0 fully saturated rings. The van der Waals surface area contributed by atoms with E-state index in [1.807, 2.05) is 12.1 Å². The highest BCUT2D eigenvalue weighted by molar-refractivity contribution is 7.98. The van der Waals surface area contributed by atoms with Gasteiger partial charge in [-0.15, -0.1) is 23.1 Å². The molecular formula is C14H14N4S2. The van der Waals surface area contributed by atoms with Crippen LogP contribution >= 0.6 is 23.1 Å². The van der Waals surface area contributed by atoms with Gasteiger partial charge in [0.25, 0.3) is 0 Å². The Hall–Kier alpha value is -1.79. The van der Waals surface area contributed by atoms with Crippen molar-refractivity contribution < 1.29 is 0 Å². The number of nitrogens with one attached hydrogen (secondary N) is 1. The fourth-order valence-electron chi connectivity index (χ4n) is 1.99. The van der Waals surface area contributed by atoms with Gasteiger partial charge in [0.2, 0.25) is 5.95 Å². The van der Waals surface area contributed by atoms with Crippen LogP contribution in [-0.2, 0) is 0 Å². The molecule has 6 heteroatoms. The predicted octanol–water partition coefficient (Wildman–Crippen LogP) is 4.05. The minimum Gasteiger partial charge on any atom is -0.368 e. The molecule has 0 radical (unpaired) electrons. The molecule has 3 N–H and O–H groups in total. The number of nitrogens with zero attached hydrogens (tertiary/aromatic N) is 2. The molecule has 0 aliphatic heterocycles. The summed E-state index contributed by atoms with van der Waals surface area (Å²) in [5.74, 6) is 1.05. The Morgan fingerprint density at radius 3 is 2.90 bits per heavy atom. The average Bonchev–Trinajstić information content (AvgIpc) is 2.79. The van der Waals surface area contributed by atoms with Gasteiger partial charge in [-0.05, 0) is 37.4 Å². The lowest BCUT2D eigenvalue weighted by Crippen LogP contribution is -2.00. The molecule has 2 aromatic heterocycles. The van der Waals surface area contributed by atoms with Gasteiger partial charge in [0, 0.05) is 15.5 Å². The van der Waals surface area contributed by atoms with Crippen LogP contribution in [0.4, 0.5) is 17.5 Å².